The van der Waals surface area contributed by atoms with E-state index < -0.39 is 0 Å². The van der Waals surface area contributed by atoms with Crippen molar-refractivity contribution in [3.63, 3.8) is 0 Å². The molecule has 2 nitrogen and oxygen atoms in total. The number of halogens is 1. The second kappa shape index (κ2) is 6.92. The largest absolute Gasteiger partial charge is 1.00 e. The number of thiocarbonyl (C=S) groups is 1. The number of nitrogens with zero attached hydrogens (tertiary/aromatic N) is 2. The number of quaternary nitrogens is 1. The first-order valence-electron chi connectivity index (χ1n) is 5.12. The van der Waals surface area contributed by atoms with E-state index in [4.69, 9.17) is 12.2 Å². The Morgan fingerprint density at radius 1 is 1.12 bits per heavy atom. The van der Waals surface area contributed by atoms with Gasteiger partial charge in [-0.05, 0) is 12.1 Å². The molecule has 0 spiro atoms. The lowest BCUT2D eigenvalue weighted by Crippen LogP contribution is -3.00. The van der Waals surface area contributed by atoms with Crippen LogP contribution in [0.3, 0.4) is 0 Å². The zero-order chi connectivity index (χ0) is 12.3. The maximum absolute atomic E-state index is 5.25. The molecule has 0 aliphatic rings. The number of rotatable bonds is 2. The molecule has 1 aromatic carbocycles. The Kier molecular flexibility index (Phi) is 6.98. The lowest BCUT2D eigenvalue weighted by molar-refractivity contribution is -0.00000346. The maximum atomic E-state index is 5.25. The van der Waals surface area contributed by atoms with Gasteiger partial charge in [0, 0.05) is 31.1 Å². The highest BCUT2D eigenvalue weighted by atomic mass is 127. The molecule has 0 aliphatic carbocycles. The minimum atomic E-state index is 0. The molecule has 0 saturated carbocycles. The number of hydrogen-bond donors (Lipinski definition) is 0. The fourth-order valence-corrected chi connectivity index (χ4v) is 2.10. The molecular weight excluding hydrogens is 363 g/mol. The molecule has 0 saturated heterocycles. The van der Waals surface area contributed by atoms with Gasteiger partial charge in [0.05, 0.1) is 21.1 Å². The van der Waals surface area contributed by atoms with Crippen molar-refractivity contribution >= 4 is 34.0 Å². The zero-order valence-electron chi connectivity index (χ0n) is 10.9. The molecule has 5 heteroatoms. The van der Waals surface area contributed by atoms with Crippen molar-refractivity contribution in [2.24, 2.45) is 0 Å². The van der Waals surface area contributed by atoms with E-state index in [9.17, 15) is 0 Å². The number of benzene rings is 1. The second-order valence-electron chi connectivity index (χ2n) is 4.77. The summed E-state index contributed by atoms with van der Waals surface area (Å²) in [6, 6.07) is 8.56. The lowest BCUT2D eigenvalue weighted by atomic mass is 10.3. The molecule has 0 heterocycles. The molecule has 1 rings (SSSR count). The highest BCUT2D eigenvalue weighted by molar-refractivity contribution is 8.22. The van der Waals surface area contributed by atoms with E-state index >= 15 is 0 Å². The number of hydrogen-bond acceptors (Lipinski definition) is 2. The van der Waals surface area contributed by atoms with Crippen molar-refractivity contribution in [1.29, 1.82) is 0 Å². The van der Waals surface area contributed by atoms with Crippen LogP contribution in [0.4, 0.5) is 5.69 Å². The Morgan fingerprint density at radius 3 is 1.94 bits per heavy atom. The second-order valence-corrected chi connectivity index (χ2v) is 6.48. The van der Waals surface area contributed by atoms with Gasteiger partial charge in [-0.1, -0.05) is 24.0 Å². The molecule has 0 aromatic heterocycles. The third-order valence-electron chi connectivity index (χ3n) is 2.18. The van der Waals surface area contributed by atoms with Crippen molar-refractivity contribution in [2.75, 3.05) is 35.2 Å². The first-order valence-corrected chi connectivity index (χ1v) is 6.34. The Morgan fingerprint density at radius 2 is 1.59 bits per heavy atom. The summed E-state index contributed by atoms with van der Waals surface area (Å²) in [4.78, 5) is 3.14. The highest BCUT2D eigenvalue weighted by Gasteiger charge is 2.11. The van der Waals surface area contributed by atoms with Crippen molar-refractivity contribution in [3.8, 4) is 0 Å². The standard InChI is InChI=1S/C12H19N2S2.HI/c1-13(2)12(15)16-11-8-6-10(7-9-11)14(3,4)5;/h6-9H,1-5H3;1H/q+1;/p-1. The summed E-state index contributed by atoms with van der Waals surface area (Å²) in [5.74, 6) is 0. The van der Waals surface area contributed by atoms with Crippen LogP contribution in [0.1, 0.15) is 0 Å². The Balaban J connectivity index is 0.00000256. The van der Waals surface area contributed by atoms with Crippen molar-refractivity contribution in [2.45, 2.75) is 4.90 Å². The molecule has 96 valence electrons. The number of thioether (sulfide) groups is 1. The molecule has 0 fully saturated rings. The van der Waals surface area contributed by atoms with Gasteiger partial charge in [0.1, 0.15) is 10.0 Å². The van der Waals surface area contributed by atoms with Crippen LogP contribution in [0, 0.1) is 0 Å². The predicted octanol–water partition coefficient (Wildman–Crippen LogP) is -0.174. The van der Waals surface area contributed by atoms with Gasteiger partial charge in [-0.3, -0.25) is 4.48 Å². The predicted molar refractivity (Wildman–Crippen MR) is 78.2 cm³/mol. The molecule has 0 amide bonds. The molecule has 0 radical (unpaired) electrons. The van der Waals surface area contributed by atoms with Crippen LogP contribution in [0.15, 0.2) is 29.2 Å². The van der Waals surface area contributed by atoms with E-state index in [1.807, 2.05) is 19.0 Å². The van der Waals surface area contributed by atoms with E-state index in [1.54, 1.807) is 11.8 Å². The Labute approximate surface area is 131 Å². The van der Waals surface area contributed by atoms with Gasteiger partial charge in [-0.2, -0.15) is 0 Å². The monoisotopic (exact) mass is 382 g/mol. The van der Waals surface area contributed by atoms with E-state index in [2.05, 4.69) is 45.4 Å². The van der Waals surface area contributed by atoms with Gasteiger partial charge >= 0.3 is 0 Å². The fraction of sp³-hybridized carbons (Fsp3) is 0.417. The summed E-state index contributed by atoms with van der Waals surface area (Å²) in [6.07, 6.45) is 0. The Bertz CT molecular complexity index is 369. The average Bonchev–Trinajstić information content (AvgIpc) is 2.17. The van der Waals surface area contributed by atoms with Gasteiger partial charge in [0.2, 0.25) is 0 Å². The van der Waals surface area contributed by atoms with Gasteiger partial charge in [-0.25, -0.2) is 0 Å². The maximum Gasteiger partial charge on any atom is 0.140 e. The third-order valence-corrected chi connectivity index (χ3v) is 3.84. The molecule has 0 bridgehead atoms. The molecule has 0 aliphatic heterocycles. The van der Waals surface area contributed by atoms with Crippen molar-refractivity contribution in [1.82, 2.24) is 9.38 Å². The molecule has 0 N–H and O–H groups in total. The van der Waals surface area contributed by atoms with Crippen LogP contribution in [0.2, 0.25) is 0 Å². The van der Waals surface area contributed by atoms with E-state index in [1.165, 1.54) is 10.6 Å². The third kappa shape index (κ3) is 5.54. The zero-order valence-corrected chi connectivity index (χ0v) is 14.7. The summed E-state index contributed by atoms with van der Waals surface area (Å²) in [5.41, 5.74) is 1.29. The lowest BCUT2D eigenvalue weighted by Gasteiger charge is -2.23. The van der Waals surface area contributed by atoms with E-state index in [0.29, 0.717) is 0 Å². The highest BCUT2D eigenvalue weighted by Crippen LogP contribution is 2.25. The fourth-order valence-electron chi connectivity index (χ4n) is 1.15. The van der Waals surface area contributed by atoms with Crippen LogP contribution in [-0.4, -0.2) is 44.5 Å². The van der Waals surface area contributed by atoms with Crippen molar-refractivity contribution in [3.05, 3.63) is 24.3 Å². The molecular formula is C12H19IN2S2. The van der Waals surface area contributed by atoms with E-state index in [0.717, 1.165) is 8.80 Å². The minimum Gasteiger partial charge on any atom is -1.00 e. The van der Waals surface area contributed by atoms with Crippen LogP contribution in [0.5, 0.6) is 0 Å². The first-order chi connectivity index (χ1) is 7.30. The summed E-state index contributed by atoms with van der Waals surface area (Å²) in [5, 5.41) is 0. The summed E-state index contributed by atoms with van der Waals surface area (Å²) >= 11 is 6.87. The Hall–Kier alpha value is 0.150. The van der Waals surface area contributed by atoms with Gasteiger partial charge in [0.25, 0.3) is 0 Å². The smallest absolute Gasteiger partial charge is 0.140 e. The summed E-state index contributed by atoms with van der Waals surface area (Å²) in [6.45, 7) is 0. The average molecular weight is 382 g/mol. The van der Waals surface area contributed by atoms with Crippen molar-refractivity contribution < 1.29 is 24.0 Å². The molecule has 0 unspecified atom stereocenters. The van der Waals surface area contributed by atoms with Crippen LogP contribution >= 0.6 is 24.0 Å². The van der Waals surface area contributed by atoms with Crippen LogP contribution in [-0.2, 0) is 0 Å². The topological polar surface area (TPSA) is 3.24 Å². The van der Waals surface area contributed by atoms with Gasteiger partial charge < -0.3 is 28.9 Å². The summed E-state index contributed by atoms with van der Waals surface area (Å²) in [7, 11) is 10.4. The quantitative estimate of drug-likeness (QED) is 0.303. The van der Waals surface area contributed by atoms with Gasteiger partial charge in [-0.15, -0.1) is 0 Å². The first kappa shape index (κ1) is 17.2. The molecule has 0 atom stereocenters. The van der Waals surface area contributed by atoms with E-state index in [-0.39, 0.29) is 24.0 Å². The van der Waals surface area contributed by atoms with Crippen LogP contribution in [0.25, 0.3) is 0 Å². The van der Waals surface area contributed by atoms with Gasteiger partial charge in [0.15, 0.2) is 0 Å². The summed E-state index contributed by atoms with van der Waals surface area (Å²) < 4.78 is 1.72. The molecule has 1 aromatic rings. The minimum absolute atomic E-state index is 0. The SMILES string of the molecule is CN(C)C(=S)Sc1ccc([N+](C)(C)C)cc1.[I-]. The normalized spacial score (nSPS) is 10.6. The van der Waals surface area contributed by atoms with Crippen LogP contribution < -0.4 is 28.5 Å². The molecule has 17 heavy (non-hydrogen) atoms.